The van der Waals surface area contributed by atoms with Gasteiger partial charge >= 0.3 is 13.2 Å². The Morgan fingerprint density at radius 1 is 0.951 bits per heavy atom. The summed E-state index contributed by atoms with van der Waals surface area (Å²) in [6, 6.07) is 19.4. The predicted octanol–water partition coefficient (Wildman–Crippen LogP) is 6.75. The zero-order valence-corrected chi connectivity index (χ0v) is 24.9. The number of aromatic amines is 1. The smallest absolute Gasteiger partial charge is 0.444 e. The van der Waals surface area contributed by atoms with E-state index in [0.29, 0.717) is 5.92 Å². The first kappa shape index (κ1) is 26.5. The van der Waals surface area contributed by atoms with Crippen molar-refractivity contribution in [3.05, 3.63) is 60.4 Å². The summed E-state index contributed by atoms with van der Waals surface area (Å²) >= 11 is 0. The van der Waals surface area contributed by atoms with Crippen LogP contribution >= 0.6 is 0 Å². The molecule has 8 heteroatoms. The predicted molar refractivity (Wildman–Crippen MR) is 162 cm³/mol. The number of imidazole rings is 1. The van der Waals surface area contributed by atoms with E-state index < -0.39 is 5.60 Å². The molecule has 0 bridgehead atoms. The molecule has 7 rings (SSSR count). The van der Waals surface area contributed by atoms with Crippen LogP contribution in [-0.2, 0) is 14.0 Å². The van der Waals surface area contributed by atoms with E-state index in [1.54, 1.807) is 0 Å². The first-order valence-electron chi connectivity index (χ1n) is 14.7. The normalized spacial score (nSPS) is 24.7. The number of rotatable bonds is 3. The summed E-state index contributed by atoms with van der Waals surface area (Å²) in [7, 11) is -0.377. The number of hydrogen-bond acceptors (Lipinski definition) is 5. The van der Waals surface area contributed by atoms with Crippen molar-refractivity contribution >= 4 is 40.5 Å². The van der Waals surface area contributed by atoms with Crippen LogP contribution in [0.15, 0.2) is 54.6 Å². The molecule has 1 amide bonds. The van der Waals surface area contributed by atoms with Gasteiger partial charge < -0.3 is 19.0 Å². The number of piperidine rings is 1. The third-order valence-corrected chi connectivity index (χ3v) is 9.25. The number of carbonyl (C=O) groups is 1. The van der Waals surface area contributed by atoms with Crippen LogP contribution in [-0.4, -0.2) is 50.9 Å². The number of hydrogen-bond donors (Lipinski definition) is 1. The van der Waals surface area contributed by atoms with Gasteiger partial charge in [0, 0.05) is 6.04 Å². The van der Waals surface area contributed by atoms with E-state index in [1.165, 1.54) is 0 Å². The third-order valence-electron chi connectivity index (χ3n) is 9.25. The minimum absolute atomic E-state index is 0.0803. The number of benzene rings is 3. The lowest BCUT2D eigenvalue weighted by Gasteiger charge is -2.32. The Hall–Kier alpha value is -3.36. The van der Waals surface area contributed by atoms with E-state index in [-0.39, 0.29) is 36.5 Å². The average molecular weight is 551 g/mol. The highest BCUT2D eigenvalue weighted by Crippen LogP contribution is 2.53. The summed E-state index contributed by atoms with van der Waals surface area (Å²) in [5, 5.41) is 2.30. The molecule has 3 fully saturated rings. The number of carbonyl (C=O) groups excluding carboxylic acids is 1. The number of nitrogens with one attached hydrogen (secondary N) is 1. The van der Waals surface area contributed by atoms with Gasteiger partial charge in [-0.25, -0.2) is 9.78 Å². The summed E-state index contributed by atoms with van der Waals surface area (Å²) < 4.78 is 18.3. The molecule has 1 aliphatic carbocycles. The van der Waals surface area contributed by atoms with Crippen molar-refractivity contribution in [2.45, 2.75) is 90.2 Å². The molecule has 0 radical (unpaired) electrons. The molecule has 2 saturated heterocycles. The molecular formula is C33H38BN3O4. The fraction of sp³-hybridized carbons (Fsp3) is 0.455. The van der Waals surface area contributed by atoms with E-state index in [9.17, 15) is 4.79 Å². The summed E-state index contributed by atoms with van der Waals surface area (Å²) in [4.78, 5) is 23.4. The van der Waals surface area contributed by atoms with Crippen molar-refractivity contribution < 1.29 is 18.8 Å². The van der Waals surface area contributed by atoms with Crippen molar-refractivity contribution in [2.75, 3.05) is 0 Å². The molecule has 1 aromatic heterocycles. The van der Waals surface area contributed by atoms with Crippen LogP contribution in [0.4, 0.5) is 4.79 Å². The number of fused-ring (bicyclic) bond motifs is 3. The minimum atomic E-state index is -0.523. The second-order valence-corrected chi connectivity index (χ2v) is 14.0. The lowest BCUT2D eigenvalue weighted by Crippen LogP contribution is -2.41. The van der Waals surface area contributed by atoms with Gasteiger partial charge in [0.1, 0.15) is 11.4 Å². The molecule has 1 unspecified atom stereocenters. The Labute approximate surface area is 241 Å². The summed E-state index contributed by atoms with van der Waals surface area (Å²) in [5.41, 5.74) is 3.89. The standard InChI is InChI=1S/C33H38BN3O4/c1-31(2,3)39-30(38)37-27-17-23(27)18-28(37)29-35-25-13-11-22(16-26(25)36-29)19-8-9-21-15-24(12-10-20(21)14-19)34-40-32(4,5)33(6,7)41-34/h8-16,23,27-28H,17-18H2,1-7H3,(H,35,36)/t23?,27-,28+/m1/s1. The fourth-order valence-corrected chi connectivity index (χ4v) is 6.21. The Kier molecular flexibility index (Phi) is 5.71. The van der Waals surface area contributed by atoms with Crippen molar-refractivity contribution in [1.29, 1.82) is 0 Å². The number of ether oxygens (including phenoxy) is 1. The average Bonchev–Trinajstić information content (AvgIpc) is 3.24. The van der Waals surface area contributed by atoms with Gasteiger partial charge in [0.05, 0.1) is 28.3 Å². The second kappa shape index (κ2) is 8.82. The van der Waals surface area contributed by atoms with Crippen molar-refractivity contribution in [3.8, 4) is 11.1 Å². The molecule has 7 nitrogen and oxygen atoms in total. The SMILES string of the molecule is CC(C)(C)OC(=O)N1[C@@H]2CC2C[C@H]1c1nc2ccc(-c3ccc4cc(B5OC(C)(C)C(C)(C)O5)ccc4c3)cc2[nH]1. The van der Waals surface area contributed by atoms with Crippen LogP contribution in [0.2, 0.25) is 0 Å². The number of nitrogens with zero attached hydrogens (tertiary/aromatic N) is 2. The van der Waals surface area contributed by atoms with Crippen LogP contribution in [0.25, 0.3) is 32.9 Å². The highest BCUT2D eigenvalue weighted by molar-refractivity contribution is 6.62. The maximum Gasteiger partial charge on any atom is 0.494 e. The molecule has 0 spiro atoms. The van der Waals surface area contributed by atoms with Crippen molar-refractivity contribution in [3.63, 3.8) is 0 Å². The van der Waals surface area contributed by atoms with E-state index in [0.717, 1.165) is 57.1 Å². The van der Waals surface area contributed by atoms with E-state index >= 15 is 0 Å². The van der Waals surface area contributed by atoms with Crippen LogP contribution in [0, 0.1) is 5.92 Å². The summed E-state index contributed by atoms with van der Waals surface area (Å²) in [5.74, 6) is 1.38. The lowest BCUT2D eigenvalue weighted by molar-refractivity contribution is 0.00578. The fourth-order valence-electron chi connectivity index (χ4n) is 6.21. The molecule has 3 heterocycles. The van der Waals surface area contributed by atoms with E-state index in [1.807, 2.05) is 25.7 Å². The highest BCUT2D eigenvalue weighted by atomic mass is 16.7. The summed E-state index contributed by atoms with van der Waals surface area (Å²) in [6.07, 6.45) is 1.74. The van der Waals surface area contributed by atoms with Gasteiger partial charge in [-0.15, -0.1) is 0 Å². The molecule has 41 heavy (non-hydrogen) atoms. The van der Waals surface area contributed by atoms with Crippen LogP contribution in [0.5, 0.6) is 0 Å². The van der Waals surface area contributed by atoms with Gasteiger partial charge in [-0.2, -0.15) is 0 Å². The Balaban J connectivity index is 1.14. The maximum atomic E-state index is 13.0. The van der Waals surface area contributed by atoms with Crippen LogP contribution in [0.3, 0.4) is 0 Å². The second-order valence-electron chi connectivity index (χ2n) is 14.0. The first-order chi connectivity index (χ1) is 19.3. The Bertz CT molecular complexity index is 1670. The zero-order chi connectivity index (χ0) is 28.9. The van der Waals surface area contributed by atoms with Gasteiger partial charge in [-0.05, 0) is 113 Å². The molecule has 3 aliphatic rings. The number of H-pyrrole nitrogens is 1. The number of likely N-dealkylation sites (tertiary alicyclic amines) is 1. The van der Waals surface area contributed by atoms with E-state index in [4.69, 9.17) is 19.0 Å². The number of amides is 1. The molecule has 4 aromatic rings. The van der Waals surface area contributed by atoms with Gasteiger partial charge in [-0.3, -0.25) is 4.90 Å². The third kappa shape index (κ3) is 4.61. The first-order valence-corrected chi connectivity index (χ1v) is 14.7. The van der Waals surface area contributed by atoms with Gasteiger partial charge in [0.2, 0.25) is 0 Å². The van der Waals surface area contributed by atoms with Gasteiger partial charge in [0.15, 0.2) is 0 Å². The lowest BCUT2D eigenvalue weighted by atomic mass is 9.78. The van der Waals surface area contributed by atoms with E-state index in [2.05, 4.69) is 87.3 Å². The quantitative estimate of drug-likeness (QED) is 0.285. The topological polar surface area (TPSA) is 76.7 Å². The molecule has 2 aliphatic heterocycles. The van der Waals surface area contributed by atoms with Gasteiger partial charge in [0.25, 0.3) is 0 Å². The maximum absolute atomic E-state index is 13.0. The van der Waals surface area contributed by atoms with Crippen LogP contribution in [0.1, 0.15) is 73.2 Å². The van der Waals surface area contributed by atoms with Crippen molar-refractivity contribution in [2.24, 2.45) is 5.92 Å². The molecule has 3 atom stereocenters. The molecule has 1 N–H and O–H groups in total. The molecule has 1 saturated carbocycles. The largest absolute Gasteiger partial charge is 0.494 e. The zero-order valence-electron chi connectivity index (χ0n) is 24.9. The Morgan fingerprint density at radius 2 is 1.61 bits per heavy atom. The highest BCUT2D eigenvalue weighted by Gasteiger charge is 2.56. The molecule has 212 valence electrons. The van der Waals surface area contributed by atoms with Gasteiger partial charge in [-0.1, -0.05) is 36.4 Å². The van der Waals surface area contributed by atoms with Crippen molar-refractivity contribution in [1.82, 2.24) is 14.9 Å². The van der Waals surface area contributed by atoms with Crippen LogP contribution < -0.4 is 5.46 Å². The summed E-state index contributed by atoms with van der Waals surface area (Å²) in [6.45, 7) is 14.0. The monoisotopic (exact) mass is 551 g/mol. The molecular weight excluding hydrogens is 513 g/mol. The Morgan fingerprint density at radius 3 is 2.34 bits per heavy atom. The number of aromatic nitrogens is 2. The molecule has 3 aromatic carbocycles. The minimum Gasteiger partial charge on any atom is -0.444 e.